The van der Waals surface area contributed by atoms with E-state index in [1.807, 2.05) is 31.2 Å². The zero-order valence-corrected chi connectivity index (χ0v) is 15.1. The monoisotopic (exact) mass is 363 g/mol. The molecule has 0 spiro atoms. The molecule has 1 aromatic heterocycles. The fourth-order valence-electron chi connectivity index (χ4n) is 2.85. The largest absolute Gasteiger partial charge is 0.472 e. The number of ether oxygens (including phenoxy) is 3. The Morgan fingerprint density at radius 2 is 2.20 bits per heavy atom. The second-order valence-electron chi connectivity index (χ2n) is 6.06. The summed E-state index contributed by atoms with van der Waals surface area (Å²) in [5.74, 6) is 1.26. The van der Waals surface area contributed by atoms with E-state index in [0.29, 0.717) is 30.7 Å². The van der Waals surface area contributed by atoms with E-state index in [1.54, 1.807) is 19.5 Å². The molecule has 6 nitrogen and oxygen atoms in total. The van der Waals surface area contributed by atoms with Crippen LogP contribution in [0.1, 0.15) is 12.5 Å². The van der Waals surface area contributed by atoms with Crippen molar-refractivity contribution in [2.24, 2.45) is 0 Å². The SMILES string of the molecule is COCC1CN(c2cncc(OCc3cccc(Cl)c3)n2)CC(C)O1. The lowest BCUT2D eigenvalue weighted by Gasteiger charge is -2.37. The molecule has 0 amide bonds. The van der Waals surface area contributed by atoms with Gasteiger partial charge >= 0.3 is 0 Å². The third kappa shape index (κ3) is 5.04. The van der Waals surface area contributed by atoms with Gasteiger partial charge in [0.25, 0.3) is 0 Å². The summed E-state index contributed by atoms with van der Waals surface area (Å²) in [6, 6.07) is 7.57. The van der Waals surface area contributed by atoms with Crippen molar-refractivity contribution >= 4 is 17.4 Å². The maximum Gasteiger partial charge on any atom is 0.234 e. The molecule has 1 saturated heterocycles. The molecule has 0 N–H and O–H groups in total. The minimum atomic E-state index is 0.0200. The summed E-state index contributed by atoms with van der Waals surface area (Å²) in [5.41, 5.74) is 0.986. The number of hydrogen-bond donors (Lipinski definition) is 0. The number of anilines is 1. The predicted octanol–water partition coefficient (Wildman–Crippen LogP) is 2.95. The molecule has 2 heterocycles. The summed E-state index contributed by atoms with van der Waals surface area (Å²) in [4.78, 5) is 11.0. The van der Waals surface area contributed by atoms with Gasteiger partial charge in [-0.25, -0.2) is 0 Å². The van der Waals surface area contributed by atoms with Crippen molar-refractivity contribution in [2.45, 2.75) is 25.7 Å². The van der Waals surface area contributed by atoms with Crippen molar-refractivity contribution in [3.05, 3.63) is 47.2 Å². The highest BCUT2D eigenvalue weighted by molar-refractivity contribution is 6.30. The normalized spacial score (nSPS) is 20.5. The quantitative estimate of drug-likeness (QED) is 0.786. The van der Waals surface area contributed by atoms with Crippen molar-refractivity contribution in [1.82, 2.24) is 9.97 Å². The van der Waals surface area contributed by atoms with Crippen molar-refractivity contribution < 1.29 is 14.2 Å². The van der Waals surface area contributed by atoms with Gasteiger partial charge < -0.3 is 19.1 Å². The van der Waals surface area contributed by atoms with Crippen LogP contribution in [-0.2, 0) is 16.1 Å². The second-order valence-corrected chi connectivity index (χ2v) is 6.50. The summed E-state index contributed by atoms with van der Waals surface area (Å²) >= 11 is 5.99. The summed E-state index contributed by atoms with van der Waals surface area (Å²) < 4.78 is 16.8. The minimum Gasteiger partial charge on any atom is -0.472 e. The van der Waals surface area contributed by atoms with Gasteiger partial charge in [-0.05, 0) is 24.6 Å². The number of aromatic nitrogens is 2. The second kappa shape index (κ2) is 8.47. The summed E-state index contributed by atoms with van der Waals surface area (Å²) in [6.07, 6.45) is 3.48. The van der Waals surface area contributed by atoms with E-state index in [2.05, 4.69) is 14.9 Å². The van der Waals surface area contributed by atoms with Crippen LogP contribution in [0.25, 0.3) is 0 Å². The molecule has 7 heteroatoms. The van der Waals surface area contributed by atoms with E-state index < -0.39 is 0 Å². The van der Waals surface area contributed by atoms with E-state index in [4.69, 9.17) is 25.8 Å². The molecule has 2 atom stereocenters. The van der Waals surface area contributed by atoms with Crippen molar-refractivity contribution in [1.29, 1.82) is 0 Å². The summed E-state index contributed by atoms with van der Waals surface area (Å²) in [7, 11) is 1.68. The lowest BCUT2D eigenvalue weighted by molar-refractivity contribution is -0.0513. The predicted molar refractivity (Wildman–Crippen MR) is 96.2 cm³/mol. The molecular weight excluding hydrogens is 342 g/mol. The highest BCUT2D eigenvalue weighted by atomic mass is 35.5. The molecule has 0 saturated carbocycles. The Morgan fingerprint density at radius 1 is 1.32 bits per heavy atom. The first kappa shape index (κ1) is 17.9. The summed E-state index contributed by atoms with van der Waals surface area (Å²) in [5, 5.41) is 0.687. The van der Waals surface area contributed by atoms with Crippen LogP contribution in [0.2, 0.25) is 5.02 Å². The van der Waals surface area contributed by atoms with E-state index in [1.165, 1.54) is 0 Å². The van der Waals surface area contributed by atoms with Crippen molar-refractivity contribution in [3.8, 4) is 5.88 Å². The molecule has 1 aliphatic rings. The van der Waals surface area contributed by atoms with Crippen LogP contribution in [-0.4, -0.2) is 49.0 Å². The molecule has 1 fully saturated rings. The van der Waals surface area contributed by atoms with Crippen LogP contribution >= 0.6 is 11.6 Å². The zero-order valence-electron chi connectivity index (χ0n) is 14.4. The van der Waals surface area contributed by atoms with Gasteiger partial charge in [-0.15, -0.1) is 0 Å². The van der Waals surface area contributed by atoms with E-state index in [0.717, 1.165) is 17.9 Å². The molecule has 0 radical (unpaired) electrons. The molecule has 0 bridgehead atoms. The Kier molecular flexibility index (Phi) is 6.07. The van der Waals surface area contributed by atoms with Crippen molar-refractivity contribution in [3.63, 3.8) is 0 Å². The average molecular weight is 364 g/mol. The number of halogens is 1. The molecule has 1 aliphatic heterocycles. The molecule has 2 aromatic rings. The van der Waals surface area contributed by atoms with Crippen molar-refractivity contribution in [2.75, 3.05) is 31.7 Å². The third-order valence-corrected chi connectivity index (χ3v) is 4.11. The Hall–Kier alpha value is -1.89. The number of methoxy groups -OCH3 is 1. The number of rotatable bonds is 6. The Labute approximate surface area is 152 Å². The standard InChI is InChI=1S/C18H22ClN3O3/c1-13-9-22(10-16(25-13)12-23-2)17-7-20-8-18(21-17)24-11-14-4-3-5-15(19)6-14/h3-8,13,16H,9-12H2,1-2H3. The van der Waals surface area contributed by atoms with Crippen LogP contribution < -0.4 is 9.64 Å². The average Bonchev–Trinajstić information content (AvgIpc) is 2.60. The molecule has 1 aromatic carbocycles. The van der Waals surface area contributed by atoms with Gasteiger partial charge in [0, 0.05) is 25.2 Å². The smallest absolute Gasteiger partial charge is 0.234 e. The highest BCUT2D eigenvalue weighted by Crippen LogP contribution is 2.21. The Balaban J connectivity index is 1.66. The number of benzene rings is 1. The first-order valence-electron chi connectivity index (χ1n) is 8.22. The third-order valence-electron chi connectivity index (χ3n) is 3.88. The fourth-order valence-corrected chi connectivity index (χ4v) is 3.07. The lowest BCUT2D eigenvalue weighted by Crippen LogP contribution is -2.48. The number of nitrogens with zero attached hydrogens (tertiary/aromatic N) is 3. The first-order valence-corrected chi connectivity index (χ1v) is 8.60. The number of hydrogen-bond acceptors (Lipinski definition) is 6. The van der Waals surface area contributed by atoms with Gasteiger partial charge in [0.15, 0.2) is 5.82 Å². The van der Waals surface area contributed by atoms with Crippen LogP contribution in [0, 0.1) is 0 Å². The Morgan fingerprint density at radius 3 is 3.00 bits per heavy atom. The van der Waals surface area contributed by atoms with Gasteiger partial charge in [-0.1, -0.05) is 23.7 Å². The Bertz CT molecular complexity index is 701. The van der Waals surface area contributed by atoms with Gasteiger partial charge in [-0.3, -0.25) is 4.98 Å². The molecule has 3 rings (SSSR count). The molecule has 25 heavy (non-hydrogen) atoms. The number of morpholine rings is 1. The van der Waals surface area contributed by atoms with Gasteiger partial charge in [0.1, 0.15) is 6.61 Å². The molecular formula is C18H22ClN3O3. The lowest BCUT2D eigenvalue weighted by atomic mass is 10.2. The molecule has 2 unspecified atom stereocenters. The van der Waals surface area contributed by atoms with Gasteiger partial charge in [-0.2, -0.15) is 4.98 Å². The van der Waals surface area contributed by atoms with Gasteiger partial charge in [0.05, 0.1) is 31.2 Å². The summed E-state index contributed by atoms with van der Waals surface area (Å²) in [6.45, 7) is 4.46. The van der Waals surface area contributed by atoms with Crippen LogP contribution in [0.15, 0.2) is 36.7 Å². The zero-order chi connectivity index (χ0) is 17.6. The maximum atomic E-state index is 5.99. The van der Waals surface area contributed by atoms with Crippen LogP contribution in [0.3, 0.4) is 0 Å². The first-order chi connectivity index (χ1) is 12.1. The van der Waals surface area contributed by atoms with E-state index >= 15 is 0 Å². The highest BCUT2D eigenvalue weighted by Gasteiger charge is 2.26. The van der Waals surface area contributed by atoms with Crippen LogP contribution in [0.4, 0.5) is 5.82 Å². The molecule has 134 valence electrons. The minimum absolute atomic E-state index is 0.0200. The van der Waals surface area contributed by atoms with E-state index in [9.17, 15) is 0 Å². The van der Waals surface area contributed by atoms with Crippen LogP contribution in [0.5, 0.6) is 5.88 Å². The topological polar surface area (TPSA) is 56.7 Å². The van der Waals surface area contributed by atoms with Gasteiger partial charge in [0.2, 0.25) is 5.88 Å². The maximum absolute atomic E-state index is 5.99. The fraction of sp³-hybridized carbons (Fsp3) is 0.444. The van der Waals surface area contributed by atoms with E-state index in [-0.39, 0.29) is 12.2 Å². The molecule has 0 aliphatic carbocycles.